The standard InChI is InChI=1S/C9H12ClNO.ClH/c10-9-7(4-2-6-12)3-1-5-8(9)11;/h1,3,5,12H,2,4,6,11H2;1H. The summed E-state index contributed by atoms with van der Waals surface area (Å²) in [7, 11) is 0. The molecule has 0 saturated heterocycles. The molecule has 0 spiro atoms. The van der Waals surface area contributed by atoms with Crippen molar-refractivity contribution in [2.75, 3.05) is 12.3 Å². The maximum atomic E-state index is 8.61. The number of nitrogens with two attached hydrogens (primary N) is 1. The van der Waals surface area contributed by atoms with Gasteiger partial charge in [0.2, 0.25) is 0 Å². The zero-order valence-electron chi connectivity index (χ0n) is 7.16. The van der Waals surface area contributed by atoms with Crippen molar-refractivity contribution in [2.45, 2.75) is 12.8 Å². The minimum atomic E-state index is 0. The number of benzene rings is 1. The summed E-state index contributed by atoms with van der Waals surface area (Å²) in [4.78, 5) is 0. The number of nitrogen functional groups attached to an aromatic ring is 1. The second-order valence-electron chi connectivity index (χ2n) is 2.65. The molecule has 3 N–H and O–H groups in total. The highest BCUT2D eigenvalue weighted by Gasteiger charge is 2.01. The van der Waals surface area contributed by atoms with E-state index in [4.69, 9.17) is 22.4 Å². The lowest BCUT2D eigenvalue weighted by Crippen LogP contribution is -1.94. The Balaban J connectivity index is 0.00000144. The van der Waals surface area contributed by atoms with Crippen LogP contribution in [0.3, 0.4) is 0 Å². The molecule has 0 fully saturated rings. The monoisotopic (exact) mass is 221 g/mol. The summed E-state index contributed by atoms with van der Waals surface area (Å²) in [6, 6.07) is 5.56. The molecule has 0 atom stereocenters. The summed E-state index contributed by atoms with van der Waals surface area (Å²) in [6.07, 6.45) is 1.50. The fourth-order valence-corrected chi connectivity index (χ4v) is 1.28. The normalized spacial score (nSPS) is 9.38. The number of anilines is 1. The Labute approximate surface area is 89.1 Å². The molecule has 0 amide bonds. The molecule has 1 aromatic carbocycles. The molecule has 0 aromatic heterocycles. The van der Waals surface area contributed by atoms with Crippen molar-refractivity contribution in [3.8, 4) is 0 Å². The summed E-state index contributed by atoms with van der Waals surface area (Å²) < 4.78 is 0. The number of aryl methyl sites for hydroxylation is 1. The molecule has 2 nitrogen and oxygen atoms in total. The van der Waals surface area contributed by atoms with Crippen LogP contribution in [0.1, 0.15) is 12.0 Å². The Bertz CT molecular complexity index is 266. The van der Waals surface area contributed by atoms with E-state index < -0.39 is 0 Å². The van der Waals surface area contributed by atoms with E-state index in [2.05, 4.69) is 0 Å². The molecule has 4 heteroatoms. The maximum absolute atomic E-state index is 8.61. The fraction of sp³-hybridized carbons (Fsp3) is 0.333. The number of aliphatic hydroxyl groups is 1. The highest BCUT2D eigenvalue weighted by Crippen LogP contribution is 2.23. The molecule has 0 saturated carbocycles. The summed E-state index contributed by atoms with van der Waals surface area (Å²) in [5.41, 5.74) is 7.21. The Morgan fingerprint density at radius 1 is 1.38 bits per heavy atom. The van der Waals surface area contributed by atoms with Crippen molar-refractivity contribution in [2.24, 2.45) is 0 Å². The minimum Gasteiger partial charge on any atom is -0.398 e. The highest BCUT2D eigenvalue weighted by molar-refractivity contribution is 6.33. The van der Waals surface area contributed by atoms with Gasteiger partial charge in [0.25, 0.3) is 0 Å². The smallest absolute Gasteiger partial charge is 0.0667 e. The van der Waals surface area contributed by atoms with Gasteiger partial charge in [-0.15, -0.1) is 12.4 Å². The molecule has 1 rings (SSSR count). The van der Waals surface area contributed by atoms with E-state index in [9.17, 15) is 0 Å². The molecule has 0 aliphatic carbocycles. The van der Waals surface area contributed by atoms with Gasteiger partial charge in [-0.05, 0) is 24.5 Å². The average molecular weight is 222 g/mol. The highest BCUT2D eigenvalue weighted by atomic mass is 35.5. The van der Waals surface area contributed by atoms with E-state index in [1.54, 1.807) is 6.07 Å². The van der Waals surface area contributed by atoms with Crippen LogP contribution in [-0.4, -0.2) is 11.7 Å². The predicted octanol–water partition coefficient (Wildman–Crippen LogP) is 2.27. The summed E-state index contributed by atoms with van der Waals surface area (Å²) >= 11 is 5.92. The van der Waals surface area contributed by atoms with Crippen LogP contribution >= 0.6 is 24.0 Å². The van der Waals surface area contributed by atoms with Crippen molar-refractivity contribution < 1.29 is 5.11 Å². The van der Waals surface area contributed by atoms with E-state index in [1.807, 2.05) is 12.1 Å². The van der Waals surface area contributed by atoms with Crippen LogP contribution in [-0.2, 0) is 6.42 Å². The quantitative estimate of drug-likeness (QED) is 0.770. The molecule has 13 heavy (non-hydrogen) atoms. The molecule has 0 aliphatic rings. The topological polar surface area (TPSA) is 46.2 Å². The number of halogens is 2. The zero-order chi connectivity index (χ0) is 8.97. The molecular weight excluding hydrogens is 209 g/mol. The SMILES string of the molecule is Cl.Nc1cccc(CCCO)c1Cl. The largest absolute Gasteiger partial charge is 0.398 e. The predicted molar refractivity (Wildman–Crippen MR) is 58.5 cm³/mol. The van der Waals surface area contributed by atoms with E-state index in [0.717, 1.165) is 18.4 Å². The van der Waals surface area contributed by atoms with Crippen molar-refractivity contribution in [3.05, 3.63) is 28.8 Å². The Morgan fingerprint density at radius 2 is 2.08 bits per heavy atom. The van der Waals surface area contributed by atoms with Crippen LogP contribution in [0.2, 0.25) is 5.02 Å². The molecule has 0 aliphatic heterocycles. The third-order valence-electron chi connectivity index (χ3n) is 1.71. The van der Waals surface area contributed by atoms with Crippen molar-refractivity contribution in [1.82, 2.24) is 0 Å². The number of hydrogen-bond acceptors (Lipinski definition) is 2. The number of rotatable bonds is 3. The average Bonchev–Trinajstić information content (AvgIpc) is 2.08. The van der Waals surface area contributed by atoms with Gasteiger partial charge in [0.05, 0.1) is 10.7 Å². The third-order valence-corrected chi connectivity index (χ3v) is 2.17. The van der Waals surface area contributed by atoms with Gasteiger partial charge in [-0.1, -0.05) is 23.7 Å². The third kappa shape index (κ3) is 3.43. The molecule has 1 aromatic rings. The van der Waals surface area contributed by atoms with Gasteiger partial charge in [-0.25, -0.2) is 0 Å². The van der Waals surface area contributed by atoms with Crippen molar-refractivity contribution in [3.63, 3.8) is 0 Å². The van der Waals surface area contributed by atoms with Crippen molar-refractivity contribution >= 4 is 29.7 Å². The van der Waals surface area contributed by atoms with E-state index >= 15 is 0 Å². The van der Waals surface area contributed by atoms with Gasteiger partial charge in [0, 0.05) is 6.61 Å². The molecule has 0 radical (unpaired) electrons. The Kier molecular flexibility index (Phi) is 5.88. The van der Waals surface area contributed by atoms with Gasteiger partial charge in [-0.3, -0.25) is 0 Å². The first-order valence-electron chi connectivity index (χ1n) is 3.89. The first-order chi connectivity index (χ1) is 5.75. The lowest BCUT2D eigenvalue weighted by molar-refractivity contribution is 0.288. The first kappa shape index (κ1) is 12.6. The van der Waals surface area contributed by atoms with Gasteiger partial charge < -0.3 is 10.8 Å². The van der Waals surface area contributed by atoms with Gasteiger partial charge in [0.1, 0.15) is 0 Å². The van der Waals surface area contributed by atoms with Crippen LogP contribution in [0.4, 0.5) is 5.69 Å². The fourth-order valence-electron chi connectivity index (χ4n) is 1.06. The van der Waals surface area contributed by atoms with Crippen molar-refractivity contribution in [1.29, 1.82) is 0 Å². The van der Waals surface area contributed by atoms with Gasteiger partial charge >= 0.3 is 0 Å². The van der Waals surface area contributed by atoms with Gasteiger partial charge in [-0.2, -0.15) is 0 Å². The molecule has 74 valence electrons. The lowest BCUT2D eigenvalue weighted by atomic mass is 10.1. The van der Waals surface area contributed by atoms with E-state index in [-0.39, 0.29) is 19.0 Å². The van der Waals surface area contributed by atoms with Crippen LogP contribution in [0.15, 0.2) is 18.2 Å². The van der Waals surface area contributed by atoms with Crippen LogP contribution < -0.4 is 5.73 Å². The molecule has 0 heterocycles. The Morgan fingerprint density at radius 3 is 2.69 bits per heavy atom. The van der Waals surface area contributed by atoms with Gasteiger partial charge in [0.15, 0.2) is 0 Å². The van der Waals surface area contributed by atoms with Crippen LogP contribution in [0.5, 0.6) is 0 Å². The molecule has 0 unspecified atom stereocenters. The summed E-state index contributed by atoms with van der Waals surface area (Å²) in [6.45, 7) is 0.186. The van der Waals surface area contributed by atoms with Crippen LogP contribution in [0, 0.1) is 0 Å². The number of hydrogen-bond donors (Lipinski definition) is 2. The summed E-state index contributed by atoms with van der Waals surface area (Å²) in [5, 5.41) is 9.23. The lowest BCUT2D eigenvalue weighted by Gasteiger charge is -2.04. The van der Waals surface area contributed by atoms with E-state index in [0.29, 0.717) is 10.7 Å². The number of aliphatic hydroxyl groups excluding tert-OH is 1. The second kappa shape index (κ2) is 6.08. The second-order valence-corrected chi connectivity index (χ2v) is 3.03. The van der Waals surface area contributed by atoms with E-state index in [1.165, 1.54) is 0 Å². The first-order valence-corrected chi connectivity index (χ1v) is 4.27. The Hall–Kier alpha value is -0.440. The van der Waals surface area contributed by atoms with Crippen LogP contribution in [0.25, 0.3) is 0 Å². The molecular formula is C9H13Cl2NO. The molecule has 0 bridgehead atoms. The minimum absolute atomic E-state index is 0. The summed E-state index contributed by atoms with van der Waals surface area (Å²) in [5.74, 6) is 0. The maximum Gasteiger partial charge on any atom is 0.0667 e. The zero-order valence-corrected chi connectivity index (χ0v) is 8.74.